The summed E-state index contributed by atoms with van der Waals surface area (Å²) in [5, 5.41) is 9.84. The van der Waals surface area contributed by atoms with Gasteiger partial charge in [0.05, 0.1) is 0 Å². The van der Waals surface area contributed by atoms with Gasteiger partial charge < -0.3 is 19.7 Å². The second kappa shape index (κ2) is 8.64. The van der Waals surface area contributed by atoms with Crippen LogP contribution in [-0.4, -0.2) is 66.9 Å². The third-order valence-corrected chi connectivity index (χ3v) is 3.74. The Balaban J connectivity index is 1.97. The van der Waals surface area contributed by atoms with E-state index in [4.69, 9.17) is 9.47 Å². The number of rotatable bonds is 8. The molecule has 128 valence electrons. The van der Waals surface area contributed by atoms with Gasteiger partial charge in [-0.2, -0.15) is 5.10 Å². The average molecular weight is 324 g/mol. The van der Waals surface area contributed by atoms with E-state index in [1.807, 2.05) is 6.92 Å². The molecule has 2 heterocycles. The highest BCUT2D eigenvalue weighted by Gasteiger charge is 2.27. The fourth-order valence-electron chi connectivity index (χ4n) is 2.48. The summed E-state index contributed by atoms with van der Waals surface area (Å²) in [6.45, 7) is 4.55. The van der Waals surface area contributed by atoms with Gasteiger partial charge in [-0.25, -0.2) is 0 Å². The van der Waals surface area contributed by atoms with Gasteiger partial charge in [0.15, 0.2) is 5.69 Å². The van der Waals surface area contributed by atoms with Crippen molar-refractivity contribution in [2.45, 2.75) is 26.3 Å². The van der Waals surface area contributed by atoms with Crippen molar-refractivity contribution in [3.05, 3.63) is 17.0 Å². The van der Waals surface area contributed by atoms with Gasteiger partial charge in [0.25, 0.3) is 5.91 Å². The maximum atomic E-state index is 12.2. The molecule has 0 spiro atoms. The molecule has 1 aliphatic rings. The van der Waals surface area contributed by atoms with Crippen LogP contribution in [-0.2, 0) is 27.2 Å². The Labute approximate surface area is 135 Å². The van der Waals surface area contributed by atoms with Gasteiger partial charge in [0.2, 0.25) is 5.91 Å². The number of nitrogens with one attached hydrogen (secondary N) is 2. The average Bonchev–Trinajstić information content (AvgIpc) is 2.99. The number of aromatic amines is 1. The lowest BCUT2D eigenvalue weighted by molar-refractivity contribution is -0.136. The molecule has 0 fully saturated rings. The topological polar surface area (TPSA) is 96.5 Å². The van der Waals surface area contributed by atoms with Gasteiger partial charge in [-0.1, -0.05) is 0 Å². The zero-order valence-electron chi connectivity index (χ0n) is 13.7. The Morgan fingerprint density at radius 1 is 1.43 bits per heavy atom. The number of fused-ring (bicyclic) bond motifs is 1. The van der Waals surface area contributed by atoms with Crippen LogP contribution in [0.1, 0.15) is 35.1 Å². The minimum atomic E-state index is -0.224. The van der Waals surface area contributed by atoms with E-state index in [2.05, 4.69) is 15.5 Å². The highest BCUT2D eigenvalue weighted by molar-refractivity contribution is 5.94. The molecular formula is C15H24N4O4. The van der Waals surface area contributed by atoms with Crippen LogP contribution < -0.4 is 5.32 Å². The van der Waals surface area contributed by atoms with Crippen molar-refractivity contribution in [2.24, 2.45) is 0 Å². The first-order chi connectivity index (χ1) is 11.2. The molecule has 0 aromatic carbocycles. The number of aromatic nitrogens is 2. The number of nitrogens with zero attached hydrogens (tertiary/aromatic N) is 2. The third kappa shape index (κ3) is 4.52. The molecule has 8 heteroatoms. The summed E-state index contributed by atoms with van der Waals surface area (Å²) in [4.78, 5) is 26.0. The van der Waals surface area contributed by atoms with Gasteiger partial charge in [-0.15, -0.1) is 0 Å². The smallest absolute Gasteiger partial charge is 0.272 e. The van der Waals surface area contributed by atoms with Crippen LogP contribution in [0.5, 0.6) is 0 Å². The molecule has 2 rings (SSSR count). The minimum Gasteiger partial charge on any atom is -0.385 e. The van der Waals surface area contributed by atoms with Crippen LogP contribution in [0, 0.1) is 0 Å². The Kier molecular flexibility index (Phi) is 6.54. The van der Waals surface area contributed by atoms with Crippen molar-refractivity contribution in [1.82, 2.24) is 20.4 Å². The fraction of sp³-hybridized carbons (Fsp3) is 0.667. The van der Waals surface area contributed by atoms with Crippen LogP contribution in [0.15, 0.2) is 0 Å². The molecule has 2 amide bonds. The number of hydrogen-bond acceptors (Lipinski definition) is 5. The van der Waals surface area contributed by atoms with E-state index in [-0.39, 0.29) is 18.4 Å². The van der Waals surface area contributed by atoms with Crippen LogP contribution in [0.2, 0.25) is 0 Å². The maximum absolute atomic E-state index is 12.2. The van der Waals surface area contributed by atoms with E-state index in [0.29, 0.717) is 45.0 Å². The van der Waals surface area contributed by atoms with E-state index in [9.17, 15) is 9.59 Å². The van der Waals surface area contributed by atoms with Crippen LogP contribution in [0.4, 0.5) is 0 Å². The summed E-state index contributed by atoms with van der Waals surface area (Å²) < 4.78 is 10.1. The molecule has 0 saturated carbocycles. The summed E-state index contributed by atoms with van der Waals surface area (Å²) in [6, 6.07) is 0. The molecule has 2 N–H and O–H groups in total. The number of carbonyl (C=O) groups is 2. The molecule has 0 radical (unpaired) electrons. The standard InChI is InChI=1S/C15H24N4O4/c1-3-23-10-13(20)19-7-5-12-11(9-19)14(18-17-12)15(21)16-6-4-8-22-2/h3-10H2,1-2H3,(H,16,21)(H,17,18). The summed E-state index contributed by atoms with van der Waals surface area (Å²) in [5.41, 5.74) is 2.09. The molecule has 1 aromatic heterocycles. The van der Waals surface area contributed by atoms with Gasteiger partial charge in [-0.3, -0.25) is 14.7 Å². The first-order valence-corrected chi connectivity index (χ1v) is 7.86. The molecule has 0 atom stereocenters. The summed E-state index contributed by atoms with van der Waals surface area (Å²) in [7, 11) is 1.62. The van der Waals surface area contributed by atoms with Gasteiger partial charge >= 0.3 is 0 Å². The van der Waals surface area contributed by atoms with E-state index < -0.39 is 0 Å². The Hall–Kier alpha value is -1.93. The number of carbonyl (C=O) groups excluding carboxylic acids is 2. The van der Waals surface area contributed by atoms with Crippen LogP contribution >= 0.6 is 0 Å². The van der Waals surface area contributed by atoms with Crippen molar-refractivity contribution in [2.75, 3.05) is 40.0 Å². The SMILES string of the molecule is CCOCC(=O)N1CCc2[nH]nc(C(=O)NCCCOC)c2C1. The summed E-state index contributed by atoms with van der Waals surface area (Å²) >= 11 is 0. The van der Waals surface area contributed by atoms with E-state index in [1.165, 1.54) is 0 Å². The van der Waals surface area contributed by atoms with Crippen molar-refractivity contribution >= 4 is 11.8 Å². The largest absolute Gasteiger partial charge is 0.385 e. The van der Waals surface area contributed by atoms with Crippen molar-refractivity contribution in [1.29, 1.82) is 0 Å². The third-order valence-electron chi connectivity index (χ3n) is 3.74. The fourth-order valence-corrected chi connectivity index (χ4v) is 2.48. The predicted octanol–water partition coefficient (Wildman–Crippen LogP) is 0.0972. The lowest BCUT2D eigenvalue weighted by atomic mass is 10.0. The lowest BCUT2D eigenvalue weighted by Crippen LogP contribution is -2.39. The molecule has 0 saturated heterocycles. The molecule has 0 aliphatic carbocycles. The monoisotopic (exact) mass is 324 g/mol. The molecule has 8 nitrogen and oxygen atoms in total. The Morgan fingerprint density at radius 3 is 3.00 bits per heavy atom. The van der Waals surface area contributed by atoms with Gasteiger partial charge in [-0.05, 0) is 13.3 Å². The molecular weight excluding hydrogens is 300 g/mol. The van der Waals surface area contributed by atoms with E-state index in [0.717, 1.165) is 17.7 Å². The second-order valence-corrected chi connectivity index (χ2v) is 5.33. The number of amides is 2. The van der Waals surface area contributed by atoms with Gasteiger partial charge in [0, 0.05) is 57.6 Å². The van der Waals surface area contributed by atoms with E-state index in [1.54, 1.807) is 12.0 Å². The molecule has 0 unspecified atom stereocenters. The highest BCUT2D eigenvalue weighted by Crippen LogP contribution is 2.20. The molecule has 23 heavy (non-hydrogen) atoms. The van der Waals surface area contributed by atoms with Crippen molar-refractivity contribution < 1.29 is 19.1 Å². The molecule has 1 aliphatic heterocycles. The normalized spacial score (nSPS) is 13.7. The molecule has 0 bridgehead atoms. The zero-order chi connectivity index (χ0) is 16.7. The number of methoxy groups -OCH3 is 1. The lowest BCUT2D eigenvalue weighted by Gasteiger charge is -2.27. The second-order valence-electron chi connectivity index (χ2n) is 5.33. The zero-order valence-corrected chi connectivity index (χ0v) is 13.7. The maximum Gasteiger partial charge on any atom is 0.272 e. The number of ether oxygens (including phenoxy) is 2. The van der Waals surface area contributed by atoms with Crippen molar-refractivity contribution in [3.8, 4) is 0 Å². The number of hydrogen-bond donors (Lipinski definition) is 2. The summed E-state index contributed by atoms with van der Waals surface area (Å²) in [6.07, 6.45) is 1.41. The predicted molar refractivity (Wildman–Crippen MR) is 83.0 cm³/mol. The summed E-state index contributed by atoms with van der Waals surface area (Å²) in [5.74, 6) is -0.289. The van der Waals surface area contributed by atoms with Crippen molar-refractivity contribution in [3.63, 3.8) is 0 Å². The Morgan fingerprint density at radius 2 is 2.26 bits per heavy atom. The Bertz CT molecular complexity index is 544. The first-order valence-electron chi connectivity index (χ1n) is 7.86. The van der Waals surface area contributed by atoms with Gasteiger partial charge in [0.1, 0.15) is 6.61 Å². The van der Waals surface area contributed by atoms with E-state index >= 15 is 0 Å². The van der Waals surface area contributed by atoms with Crippen LogP contribution in [0.25, 0.3) is 0 Å². The minimum absolute atomic E-state index is 0.0647. The van der Waals surface area contributed by atoms with Crippen LogP contribution in [0.3, 0.4) is 0 Å². The highest BCUT2D eigenvalue weighted by atomic mass is 16.5. The quantitative estimate of drug-likeness (QED) is 0.661. The number of H-pyrrole nitrogens is 1. The molecule has 1 aromatic rings. The first kappa shape index (κ1) is 17.4.